The van der Waals surface area contributed by atoms with Crippen molar-refractivity contribution in [2.75, 3.05) is 19.6 Å². The van der Waals surface area contributed by atoms with Gasteiger partial charge in [-0.15, -0.1) is 0 Å². The third-order valence-electron chi connectivity index (χ3n) is 3.99. The largest absolute Gasteiger partial charge is 0.373 e. The van der Waals surface area contributed by atoms with Crippen molar-refractivity contribution >= 4 is 5.91 Å². The fraction of sp³-hybridized carbons (Fsp3) is 0.933. The summed E-state index contributed by atoms with van der Waals surface area (Å²) in [7, 11) is 0. The molecule has 0 aromatic rings. The Labute approximate surface area is 123 Å². The highest BCUT2D eigenvalue weighted by Gasteiger charge is 2.33. The van der Waals surface area contributed by atoms with Crippen LogP contribution in [-0.4, -0.2) is 54.2 Å². The normalized spacial score (nSPS) is 26.6. The molecule has 1 fully saturated rings. The maximum atomic E-state index is 12.0. The Bertz CT molecular complexity index is 321. The second-order valence-electron chi connectivity index (χ2n) is 6.96. The Morgan fingerprint density at radius 3 is 2.30 bits per heavy atom. The molecule has 1 aliphatic heterocycles. The first-order valence-electron chi connectivity index (χ1n) is 7.57. The molecule has 0 spiro atoms. The summed E-state index contributed by atoms with van der Waals surface area (Å²) in [5, 5.41) is 2.98. The van der Waals surface area contributed by atoms with Crippen molar-refractivity contribution in [3.05, 3.63) is 0 Å². The number of carbonyl (C=O) groups excluding carboxylic acids is 1. The second kappa shape index (κ2) is 6.87. The van der Waals surface area contributed by atoms with E-state index in [1.807, 2.05) is 13.8 Å². The van der Waals surface area contributed by atoms with Gasteiger partial charge in [0.05, 0.1) is 18.2 Å². The summed E-state index contributed by atoms with van der Waals surface area (Å²) in [4.78, 5) is 14.3. The lowest BCUT2D eigenvalue weighted by Gasteiger charge is -2.45. The molecule has 5 heteroatoms. The van der Waals surface area contributed by atoms with Crippen molar-refractivity contribution in [3.8, 4) is 0 Å². The summed E-state index contributed by atoms with van der Waals surface area (Å²) in [6, 6.07) is -0.437. The number of morpholine rings is 1. The smallest absolute Gasteiger partial charge is 0.237 e. The number of amides is 1. The van der Waals surface area contributed by atoms with Crippen LogP contribution in [0.15, 0.2) is 0 Å². The van der Waals surface area contributed by atoms with E-state index in [2.05, 4.69) is 37.9 Å². The number of rotatable bonds is 5. The first-order valence-corrected chi connectivity index (χ1v) is 7.57. The molecule has 20 heavy (non-hydrogen) atoms. The maximum Gasteiger partial charge on any atom is 0.237 e. The lowest BCUT2D eigenvalue weighted by Crippen LogP contribution is -2.59. The molecular formula is C15H31N3O2. The zero-order valence-corrected chi connectivity index (χ0v) is 13.8. The van der Waals surface area contributed by atoms with Crippen LogP contribution in [0.4, 0.5) is 0 Å². The first kappa shape index (κ1) is 17.4. The molecule has 0 saturated carbocycles. The van der Waals surface area contributed by atoms with Gasteiger partial charge in [0, 0.05) is 25.2 Å². The van der Waals surface area contributed by atoms with Crippen LogP contribution in [0, 0.1) is 5.92 Å². The predicted octanol–water partition coefficient (Wildman–Crippen LogP) is 0.974. The number of nitrogens with zero attached hydrogens (tertiary/aromatic N) is 1. The number of nitrogens with one attached hydrogen (secondary N) is 1. The molecular weight excluding hydrogens is 254 g/mol. The molecule has 1 rings (SSSR count). The standard InChI is InChI=1S/C15H31N3O2/c1-10(2)13(16)14(19)17-9-15(5,6)18-7-11(3)20-12(4)8-18/h10-13H,7-9,16H2,1-6H3,(H,17,19)/t11?,12?,13-/m0/s1. The van der Waals surface area contributed by atoms with E-state index in [0.29, 0.717) is 6.54 Å². The van der Waals surface area contributed by atoms with E-state index < -0.39 is 6.04 Å². The van der Waals surface area contributed by atoms with Crippen LogP contribution in [-0.2, 0) is 9.53 Å². The Morgan fingerprint density at radius 2 is 1.85 bits per heavy atom. The molecule has 3 N–H and O–H groups in total. The average molecular weight is 285 g/mol. The Morgan fingerprint density at radius 1 is 1.35 bits per heavy atom. The molecule has 118 valence electrons. The van der Waals surface area contributed by atoms with Gasteiger partial charge in [-0.05, 0) is 33.6 Å². The molecule has 0 radical (unpaired) electrons. The first-order chi connectivity index (χ1) is 9.13. The molecule has 0 aromatic carbocycles. The third kappa shape index (κ3) is 4.72. The minimum Gasteiger partial charge on any atom is -0.373 e. The van der Waals surface area contributed by atoms with Crippen molar-refractivity contribution < 1.29 is 9.53 Å². The lowest BCUT2D eigenvalue weighted by molar-refractivity contribution is -0.125. The quantitative estimate of drug-likeness (QED) is 0.790. The number of hydrogen-bond acceptors (Lipinski definition) is 4. The fourth-order valence-corrected chi connectivity index (χ4v) is 2.51. The van der Waals surface area contributed by atoms with Crippen molar-refractivity contribution in [2.24, 2.45) is 11.7 Å². The summed E-state index contributed by atoms with van der Waals surface area (Å²) in [5.74, 6) is 0.0870. The number of carbonyl (C=O) groups is 1. The topological polar surface area (TPSA) is 67.6 Å². The molecule has 2 unspecified atom stereocenters. The van der Waals surface area contributed by atoms with Gasteiger partial charge in [-0.2, -0.15) is 0 Å². The molecule has 1 heterocycles. The Kier molecular flexibility index (Phi) is 5.98. The van der Waals surface area contributed by atoms with Gasteiger partial charge in [0.15, 0.2) is 0 Å². The Hall–Kier alpha value is -0.650. The number of nitrogens with two attached hydrogens (primary N) is 1. The maximum absolute atomic E-state index is 12.0. The highest BCUT2D eigenvalue weighted by molar-refractivity contribution is 5.81. The molecule has 0 bridgehead atoms. The van der Waals surface area contributed by atoms with E-state index in [1.54, 1.807) is 0 Å². The summed E-state index contributed by atoms with van der Waals surface area (Å²) < 4.78 is 5.76. The highest BCUT2D eigenvalue weighted by atomic mass is 16.5. The fourth-order valence-electron chi connectivity index (χ4n) is 2.51. The van der Waals surface area contributed by atoms with E-state index >= 15 is 0 Å². The molecule has 3 atom stereocenters. The Balaban J connectivity index is 2.54. The van der Waals surface area contributed by atoms with E-state index in [1.165, 1.54) is 0 Å². The number of ether oxygens (including phenoxy) is 1. The van der Waals surface area contributed by atoms with E-state index in [9.17, 15) is 4.79 Å². The van der Waals surface area contributed by atoms with Crippen molar-refractivity contribution in [2.45, 2.75) is 65.3 Å². The average Bonchev–Trinajstić information content (AvgIpc) is 2.33. The molecule has 1 saturated heterocycles. The van der Waals surface area contributed by atoms with E-state index in [-0.39, 0.29) is 29.6 Å². The summed E-state index contributed by atoms with van der Waals surface area (Å²) in [6.07, 6.45) is 0.457. The minimum atomic E-state index is -0.437. The molecule has 1 aliphatic rings. The van der Waals surface area contributed by atoms with Crippen LogP contribution in [0.3, 0.4) is 0 Å². The zero-order valence-electron chi connectivity index (χ0n) is 13.8. The summed E-state index contributed by atoms with van der Waals surface area (Å²) >= 11 is 0. The van der Waals surface area contributed by atoms with Crippen LogP contribution in [0.2, 0.25) is 0 Å². The van der Waals surface area contributed by atoms with E-state index in [4.69, 9.17) is 10.5 Å². The van der Waals surface area contributed by atoms with Crippen molar-refractivity contribution in [1.29, 1.82) is 0 Å². The van der Waals surface area contributed by atoms with Gasteiger partial charge >= 0.3 is 0 Å². The predicted molar refractivity (Wildman–Crippen MR) is 81.5 cm³/mol. The van der Waals surface area contributed by atoms with Crippen LogP contribution < -0.4 is 11.1 Å². The van der Waals surface area contributed by atoms with E-state index in [0.717, 1.165) is 13.1 Å². The monoisotopic (exact) mass is 285 g/mol. The van der Waals surface area contributed by atoms with Gasteiger partial charge in [0.2, 0.25) is 5.91 Å². The molecule has 5 nitrogen and oxygen atoms in total. The van der Waals surface area contributed by atoms with Gasteiger partial charge in [0.25, 0.3) is 0 Å². The van der Waals surface area contributed by atoms with Crippen LogP contribution >= 0.6 is 0 Å². The summed E-state index contributed by atoms with van der Waals surface area (Å²) in [5.41, 5.74) is 5.77. The van der Waals surface area contributed by atoms with Gasteiger partial charge in [-0.3, -0.25) is 9.69 Å². The van der Waals surface area contributed by atoms with Gasteiger partial charge < -0.3 is 15.8 Å². The molecule has 0 aromatic heterocycles. The number of hydrogen-bond donors (Lipinski definition) is 2. The SMILES string of the molecule is CC1CN(C(C)(C)CNC(=O)[C@@H](N)C(C)C)CC(C)O1. The highest BCUT2D eigenvalue weighted by Crippen LogP contribution is 2.20. The van der Waals surface area contributed by atoms with Crippen LogP contribution in [0.25, 0.3) is 0 Å². The van der Waals surface area contributed by atoms with Gasteiger partial charge in [0.1, 0.15) is 0 Å². The molecule has 0 aliphatic carbocycles. The summed E-state index contributed by atoms with van der Waals surface area (Å²) in [6.45, 7) is 14.8. The van der Waals surface area contributed by atoms with Crippen LogP contribution in [0.1, 0.15) is 41.5 Å². The van der Waals surface area contributed by atoms with Gasteiger partial charge in [-0.1, -0.05) is 13.8 Å². The zero-order chi connectivity index (χ0) is 15.5. The second-order valence-corrected chi connectivity index (χ2v) is 6.96. The van der Waals surface area contributed by atoms with Crippen LogP contribution in [0.5, 0.6) is 0 Å². The molecule has 1 amide bonds. The van der Waals surface area contributed by atoms with Gasteiger partial charge in [-0.25, -0.2) is 0 Å². The minimum absolute atomic E-state index is 0.0672. The van der Waals surface area contributed by atoms with Crippen molar-refractivity contribution in [1.82, 2.24) is 10.2 Å². The lowest BCUT2D eigenvalue weighted by atomic mass is 9.99. The van der Waals surface area contributed by atoms with Crippen molar-refractivity contribution in [3.63, 3.8) is 0 Å². The third-order valence-corrected chi connectivity index (χ3v) is 3.99.